The summed E-state index contributed by atoms with van der Waals surface area (Å²) in [4.78, 5) is 11.3. The summed E-state index contributed by atoms with van der Waals surface area (Å²) in [6, 6.07) is 7.81. The molecule has 0 amide bonds. The lowest BCUT2D eigenvalue weighted by Gasteiger charge is -2.34. The number of nitrogens with one attached hydrogen (secondary N) is 2. The van der Waals surface area contributed by atoms with Crippen molar-refractivity contribution in [2.45, 2.75) is 31.8 Å². The molecule has 0 bridgehead atoms. The molecular weight excluding hydrogens is 404 g/mol. The van der Waals surface area contributed by atoms with Gasteiger partial charge in [-0.05, 0) is 37.3 Å². The molecule has 0 saturated carbocycles. The zero-order valence-corrected chi connectivity index (χ0v) is 18.1. The normalized spacial score (nSPS) is 21.1. The van der Waals surface area contributed by atoms with Crippen LogP contribution in [0.15, 0.2) is 33.8 Å². The van der Waals surface area contributed by atoms with E-state index in [2.05, 4.69) is 30.7 Å². The summed E-state index contributed by atoms with van der Waals surface area (Å²) in [5.41, 5.74) is 0.830. The molecule has 1 aromatic carbocycles. The molecule has 1 atom stereocenters. The minimum absolute atomic E-state index is 0.410. The predicted octanol–water partition coefficient (Wildman–Crippen LogP) is 2.56. The Bertz CT molecular complexity index is 844. The van der Waals surface area contributed by atoms with Crippen LogP contribution in [0.25, 0.3) is 11.4 Å². The van der Waals surface area contributed by atoms with Gasteiger partial charge in [-0.3, -0.25) is 4.99 Å². The van der Waals surface area contributed by atoms with E-state index in [1.54, 1.807) is 7.05 Å². The van der Waals surface area contributed by atoms with E-state index in [9.17, 15) is 0 Å². The first-order valence-electron chi connectivity index (χ1n) is 10.6. The van der Waals surface area contributed by atoms with Crippen LogP contribution in [0.1, 0.15) is 25.2 Å². The molecular formula is C21H29ClN6O2. The van der Waals surface area contributed by atoms with Gasteiger partial charge in [-0.25, -0.2) is 0 Å². The Morgan fingerprint density at radius 2 is 2.17 bits per heavy atom. The molecule has 162 valence electrons. The number of benzene rings is 1. The fourth-order valence-electron chi connectivity index (χ4n) is 3.97. The SMILES string of the molecule is CN=C(NCc1nc(-c2cccc(Cl)c2)no1)NC1CCN(CC2CCOC2)CC1. The number of aliphatic imine (C=N–C) groups is 1. The predicted molar refractivity (Wildman–Crippen MR) is 116 cm³/mol. The first-order valence-corrected chi connectivity index (χ1v) is 10.9. The molecule has 30 heavy (non-hydrogen) atoms. The number of nitrogens with zero attached hydrogens (tertiary/aromatic N) is 4. The molecule has 2 aromatic rings. The van der Waals surface area contributed by atoms with Crippen LogP contribution in [0, 0.1) is 5.92 Å². The average Bonchev–Trinajstić information content (AvgIpc) is 3.44. The van der Waals surface area contributed by atoms with Crippen molar-refractivity contribution in [3.63, 3.8) is 0 Å². The number of hydrogen-bond acceptors (Lipinski definition) is 6. The van der Waals surface area contributed by atoms with Crippen LogP contribution in [0.3, 0.4) is 0 Å². The third kappa shape index (κ3) is 5.71. The lowest BCUT2D eigenvalue weighted by molar-refractivity contribution is 0.150. The molecule has 0 radical (unpaired) electrons. The number of rotatable bonds is 6. The van der Waals surface area contributed by atoms with E-state index >= 15 is 0 Å². The third-order valence-electron chi connectivity index (χ3n) is 5.65. The molecule has 4 rings (SSSR count). The summed E-state index contributed by atoms with van der Waals surface area (Å²) in [6.07, 6.45) is 3.41. The zero-order valence-electron chi connectivity index (χ0n) is 17.3. The number of ether oxygens (including phenoxy) is 1. The Kier molecular flexibility index (Phi) is 7.20. The quantitative estimate of drug-likeness (QED) is 0.535. The highest BCUT2D eigenvalue weighted by Gasteiger charge is 2.24. The van der Waals surface area contributed by atoms with Gasteiger partial charge in [-0.1, -0.05) is 28.9 Å². The molecule has 1 unspecified atom stereocenters. The molecule has 2 saturated heterocycles. The van der Waals surface area contributed by atoms with Crippen LogP contribution in [0.2, 0.25) is 5.02 Å². The summed E-state index contributed by atoms with van der Waals surface area (Å²) in [5.74, 6) is 2.48. The smallest absolute Gasteiger partial charge is 0.246 e. The summed E-state index contributed by atoms with van der Waals surface area (Å²) in [6.45, 7) is 5.63. The van der Waals surface area contributed by atoms with Crippen LogP contribution < -0.4 is 10.6 Å². The lowest BCUT2D eigenvalue weighted by Crippen LogP contribution is -2.49. The second-order valence-corrected chi connectivity index (χ2v) is 8.33. The number of hydrogen-bond donors (Lipinski definition) is 2. The maximum absolute atomic E-state index is 6.04. The fraction of sp³-hybridized carbons (Fsp3) is 0.571. The first kappa shape index (κ1) is 21.1. The van der Waals surface area contributed by atoms with Crippen LogP contribution in [-0.4, -0.2) is 66.9 Å². The van der Waals surface area contributed by atoms with E-state index in [-0.39, 0.29) is 0 Å². The topological polar surface area (TPSA) is 87.8 Å². The van der Waals surface area contributed by atoms with Crippen molar-refractivity contribution in [1.29, 1.82) is 0 Å². The van der Waals surface area contributed by atoms with Gasteiger partial charge in [0.2, 0.25) is 11.7 Å². The van der Waals surface area contributed by atoms with Gasteiger partial charge in [0, 0.05) is 49.9 Å². The molecule has 8 nitrogen and oxygen atoms in total. The molecule has 0 spiro atoms. The Labute approximate surface area is 182 Å². The highest BCUT2D eigenvalue weighted by atomic mass is 35.5. The molecule has 1 aromatic heterocycles. The van der Waals surface area contributed by atoms with E-state index in [0.717, 1.165) is 57.2 Å². The van der Waals surface area contributed by atoms with Crippen molar-refractivity contribution in [2.24, 2.45) is 10.9 Å². The summed E-state index contributed by atoms with van der Waals surface area (Å²) in [7, 11) is 1.77. The number of piperidine rings is 1. The molecule has 3 heterocycles. The van der Waals surface area contributed by atoms with Gasteiger partial charge >= 0.3 is 0 Å². The van der Waals surface area contributed by atoms with E-state index in [1.807, 2.05) is 24.3 Å². The highest BCUT2D eigenvalue weighted by Crippen LogP contribution is 2.20. The van der Waals surface area contributed by atoms with E-state index < -0.39 is 0 Å². The maximum Gasteiger partial charge on any atom is 0.246 e. The standard InChI is InChI=1S/C21H29ClN6O2/c1-23-21(25-18-5-8-28(9-6-18)13-15-7-10-29-14-15)24-12-19-26-20(27-30-19)16-3-2-4-17(22)11-16/h2-4,11,15,18H,5-10,12-14H2,1H3,(H2,23,24,25). The van der Waals surface area contributed by atoms with E-state index in [1.165, 1.54) is 6.42 Å². The molecule has 0 aliphatic carbocycles. The van der Waals surface area contributed by atoms with Gasteiger partial charge in [0.15, 0.2) is 5.96 Å². The summed E-state index contributed by atoms with van der Waals surface area (Å²) < 4.78 is 10.9. The average molecular weight is 433 g/mol. The van der Waals surface area contributed by atoms with Crippen LogP contribution in [0.4, 0.5) is 0 Å². The second kappa shape index (κ2) is 10.2. The van der Waals surface area contributed by atoms with Gasteiger partial charge in [-0.2, -0.15) is 4.98 Å². The zero-order chi connectivity index (χ0) is 20.8. The number of likely N-dealkylation sites (tertiary alicyclic amines) is 1. The Balaban J connectivity index is 1.22. The van der Waals surface area contributed by atoms with Crippen molar-refractivity contribution in [3.05, 3.63) is 35.2 Å². The molecule has 2 N–H and O–H groups in total. The summed E-state index contributed by atoms with van der Waals surface area (Å²) in [5, 5.41) is 11.5. The largest absolute Gasteiger partial charge is 0.381 e. The Morgan fingerprint density at radius 1 is 1.30 bits per heavy atom. The van der Waals surface area contributed by atoms with Gasteiger partial charge in [0.25, 0.3) is 0 Å². The van der Waals surface area contributed by atoms with Crippen molar-refractivity contribution < 1.29 is 9.26 Å². The monoisotopic (exact) mass is 432 g/mol. The van der Waals surface area contributed by atoms with Crippen LogP contribution in [-0.2, 0) is 11.3 Å². The molecule has 2 fully saturated rings. The van der Waals surface area contributed by atoms with Crippen LogP contribution in [0.5, 0.6) is 0 Å². The van der Waals surface area contributed by atoms with Crippen molar-refractivity contribution >= 4 is 17.6 Å². The fourth-order valence-corrected chi connectivity index (χ4v) is 4.16. The minimum Gasteiger partial charge on any atom is -0.381 e. The van der Waals surface area contributed by atoms with Crippen molar-refractivity contribution in [3.8, 4) is 11.4 Å². The summed E-state index contributed by atoms with van der Waals surface area (Å²) >= 11 is 6.04. The van der Waals surface area contributed by atoms with Gasteiger partial charge < -0.3 is 24.8 Å². The Hall–Kier alpha value is -2.16. The molecule has 2 aliphatic heterocycles. The van der Waals surface area contributed by atoms with Gasteiger partial charge in [-0.15, -0.1) is 0 Å². The minimum atomic E-state index is 0.410. The number of halogens is 1. The van der Waals surface area contributed by atoms with Crippen molar-refractivity contribution in [1.82, 2.24) is 25.7 Å². The highest BCUT2D eigenvalue weighted by molar-refractivity contribution is 6.30. The van der Waals surface area contributed by atoms with E-state index in [0.29, 0.717) is 35.2 Å². The van der Waals surface area contributed by atoms with Gasteiger partial charge in [0.1, 0.15) is 0 Å². The van der Waals surface area contributed by atoms with Gasteiger partial charge in [0.05, 0.1) is 13.2 Å². The number of aromatic nitrogens is 2. The number of guanidine groups is 1. The van der Waals surface area contributed by atoms with E-state index in [4.69, 9.17) is 20.9 Å². The third-order valence-corrected chi connectivity index (χ3v) is 5.89. The van der Waals surface area contributed by atoms with Crippen LogP contribution >= 0.6 is 11.6 Å². The molecule has 9 heteroatoms. The second-order valence-electron chi connectivity index (χ2n) is 7.90. The van der Waals surface area contributed by atoms with Crippen molar-refractivity contribution in [2.75, 3.05) is 39.9 Å². The lowest BCUT2D eigenvalue weighted by atomic mass is 10.0. The first-order chi connectivity index (χ1) is 14.7. The Morgan fingerprint density at radius 3 is 2.90 bits per heavy atom. The maximum atomic E-state index is 6.04. The molecule has 2 aliphatic rings.